The molecule has 0 aliphatic carbocycles. The summed E-state index contributed by atoms with van der Waals surface area (Å²) in [5.74, 6) is -0.246. The molecule has 2 aromatic carbocycles. The molecular formula is C21H16F2N2O3S2. The van der Waals surface area contributed by atoms with Crippen LogP contribution in [-0.2, 0) is 11.3 Å². The molecule has 0 spiro atoms. The minimum Gasteiger partial charge on any atom is -0.497 e. The van der Waals surface area contributed by atoms with E-state index in [1.807, 2.05) is 24.3 Å². The van der Waals surface area contributed by atoms with E-state index in [4.69, 9.17) is 9.15 Å². The standard InChI is InChI=1S/C21H16F2N2O3S2/c1-27-14-4-6-16(7-5-14)29-12-19(26)25(11-15-3-2-8-28-15)21-24-20-17(23)9-13(22)10-18(20)30-21/h2-10H,11-12H2,1H3. The zero-order valence-electron chi connectivity index (χ0n) is 15.8. The van der Waals surface area contributed by atoms with Gasteiger partial charge in [-0.1, -0.05) is 11.3 Å². The maximum absolute atomic E-state index is 14.1. The molecule has 0 unspecified atom stereocenters. The van der Waals surface area contributed by atoms with Crippen molar-refractivity contribution in [1.82, 2.24) is 4.98 Å². The Morgan fingerprint density at radius 1 is 1.23 bits per heavy atom. The number of ether oxygens (including phenoxy) is 1. The Morgan fingerprint density at radius 2 is 2.03 bits per heavy atom. The van der Waals surface area contributed by atoms with E-state index in [1.165, 1.54) is 29.0 Å². The molecule has 0 aliphatic heterocycles. The van der Waals surface area contributed by atoms with Gasteiger partial charge in [-0.05, 0) is 42.5 Å². The number of amides is 1. The summed E-state index contributed by atoms with van der Waals surface area (Å²) in [6.07, 6.45) is 1.51. The highest BCUT2D eigenvalue weighted by molar-refractivity contribution is 8.00. The number of hydrogen-bond donors (Lipinski definition) is 0. The van der Waals surface area contributed by atoms with Gasteiger partial charge in [0, 0.05) is 11.0 Å². The van der Waals surface area contributed by atoms with Crippen LogP contribution < -0.4 is 9.64 Å². The average Bonchev–Trinajstić information content (AvgIpc) is 3.40. The summed E-state index contributed by atoms with van der Waals surface area (Å²) in [6, 6.07) is 12.8. The van der Waals surface area contributed by atoms with Gasteiger partial charge in [0.05, 0.1) is 30.4 Å². The van der Waals surface area contributed by atoms with Gasteiger partial charge in [0.15, 0.2) is 10.9 Å². The molecule has 2 heterocycles. The third kappa shape index (κ3) is 4.47. The molecule has 5 nitrogen and oxygen atoms in total. The van der Waals surface area contributed by atoms with Gasteiger partial charge in [-0.25, -0.2) is 13.8 Å². The molecule has 4 aromatic rings. The SMILES string of the molecule is COc1ccc(SCC(=O)N(Cc2ccco2)c2nc3c(F)cc(F)cc3s2)cc1. The van der Waals surface area contributed by atoms with E-state index in [0.717, 1.165) is 28.0 Å². The van der Waals surface area contributed by atoms with E-state index in [-0.39, 0.29) is 28.9 Å². The van der Waals surface area contributed by atoms with Crippen molar-refractivity contribution in [3.05, 3.63) is 72.2 Å². The van der Waals surface area contributed by atoms with Crippen LogP contribution in [-0.4, -0.2) is 23.8 Å². The van der Waals surface area contributed by atoms with Gasteiger partial charge in [0.25, 0.3) is 0 Å². The number of thioether (sulfide) groups is 1. The van der Waals surface area contributed by atoms with Crippen molar-refractivity contribution < 1.29 is 22.7 Å². The van der Waals surface area contributed by atoms with Crippen LogP contribution in [0, 0.1) is 11.6 Å². The molecule has 0 bridgehead atoms. The molecule has 4 rings (SSSR count). The average molecular weight is 447 g/mol. The summed E-state index contributed by atoms with van der Waals surface area (Å²) >= 11 is 2.42. The summed E-state index contributed by atoms with van der Waals surface area (Å²) in [5.41, 5.74) is 0.0384. The Hall–Kier alpha value is -2.91. The number of furan rings is 1. The Morgan fingerprint density at radius 3 is 2.73 bits per heavy atom. The quantitative estimate of drug-likeness (QED) is 0.351. The number of hydrogen-bond acceptors (Lipinski definition) is 6. The highest BCUT2D eigenvalue weighted by Crippen LogP contribution is 2.33. The van der Waals surface area contributed by atoms with Crippen molar-refractivity contribution in [3.63, 3.8) is 0 Å². The maximum atomic E-state index is 14.1. The van der Waals surface area contributed by atoms with Gasteiger partial charge in [0.1, 0.15) is 22.8 Å². The first-order valence-corrected chi connectivity index (χ1v) is 10.7. The molecule has 0 atom stereocenters. The van der Waals surface area contributed by atoms with Crippen LogP contribution >= 0.6 is 23.1 Å². The molecule has 9 heteroatoms. The molecule has 30 heavy (non-hydrogen) atoms. The largest absolute Gasteiger partial charge is 0.497 e. The molecule has 0 fully saturated rings. The molecular weight excluding hydrogens is 430 g/mol. The summed E-state index contributed by atoms with van der Waals surface area (Å²) < 4.78 is 38.5. The second-order valence-corrected chi connectivity index (χ2v) is 8.31. The molecule has 154 valence electrons. The van der Waals surface area contributed by atoms with Crippen LogP contribution in [0.1, 0.15) is 5.76 Å². The van der Waals surface area contributed by atoms with Crippen molar-refractivity contribution >= 4 is 44.4 Å². The van der Waals surface area contributed by atoms with Crippen LogP contribution in [0.4, 0.5) is 13.9 Å². The van der Waals surface area contributed by atoms with Crippen LogP contribution in [0.15, 0.2) is 64.1 Å². The topological polar surface area (TPSA) is 55.6 Å². The van der Waals surface area contributed by atoms with E-state index in [0.29, 0.717) is 10.5 Å². The fourth-order valence-corrected chi connectivity index (χ4v) is 4.57. The molecule has 0 saturated carbocycles. The van der Waals surface area contributed by atoms with Gasteiger partial charge >= 0.3 is 0 Å². The monoisotopic (exact) mass is 446 g/mol. The number of fused-ring (bicyclic) bond motifs is 1. The number of nitrogens with zero attached hydrogens (tertiary/aromatic N) is 2. The smallest absolute Gasteiger partial charge is 0.239 e. The van der Waals surface area contributed by atoms with Gasteiger partial charge < -0.3 is 9.15 Å². The van der Waals surface area contributed by atoms with Crippen LogP contribution in [0.2, 0.25) is 0 Å². The Labute approximate surface area is 179 Å². The Bertz CT molecular complexity index is 1160. The number of carbonyl (C=O) groups is 1. The van der Waals surface area contributed by atoms with Crippen molar-refractivity contribution in [2.45, 2.75) is 11.4 Å². The number of thiazole rings is 1. The highest BCUT2D eigenvalue weighted by atomic mass is 32.2. The minimum atomic E-state index is -0.759. The lowest BCUT2D eigenvalue weighted by molar-refractivity contribution is -0.116. The summed E-state index contributed by atoms with van der Waals surface area (Å²) in [6.45, 7) is 0.138. The minimum absolute atomic E-state index is 0.0384. The number of benzene rings is 2. The van der Waals surface area contributed by atoms with Crippen LogP contribution in [0.25, 0.3) is 10.2 Å². The van der Waals surface area contributed by atoms with E-state index < -0.39 is 11.6 Å². The zero-order valence-corrected chi connectivity index (χ0v) is 17.4. The summed E-state index contributed by atoms with van der Waals surface area (Å²) in [7, 11) is 1.59. The first-order chi connectivity index (χ1) is 14.5. The van der Waals surface area contributed by atoms with Gasteiger partial charge in [-0.3, -0.25) is 9.69 Å². The van der Waals surface area contributed by atoms with Crippen molar-refractivity contribution in [1.29, 1.82) is 0 Å². The predicted octanol–water partition coefficient (Wildman–Crippen LogP) is 5.50. The molecule has 0 radical (unpaired) electrons. The summed E-state index contributed by atoms with van der Waals surface area (Å²) in [4.78, 5) is 19.6. The van der Waals surface area contributed by atoms with E-state index in [2.05, 4.69) is 4.98 Å². The molecule has 1 amide bonds. The second-order valence-electron chi connectivity index (χ2n) is 6.25. The van der Waals surface area contributed by atoms with E-state index in [9.17, 15) is 13.6 Å². The second kappa shape index (κ2) is 8.85. The number of methoxy groups -OCH3 is 1. The van der Waals surface area contributed by atoms with Gasteiger partial charge in [-0.2, -0.15) is 0 Å². The Kier molecular flexibility index (Phi) is 6.01. The highest BCUT2D eigenvalue weighted by Gasteiger charge is 2.23. The number of carbonyl (C=O) groups excluding carboxylic acids is 1. The normalized spacial score (nSPS) is 11.0. The van der Waals surface area contributed by atoms with E-state index >= 15 is 0 Å². The number of halogens is 2. The fraction of sp³-hybridized carbons (Fsp3) is 0.143. The first-order valence-electron chi connectivity index (χ1n) is 8.88. The first kappa shape index (κ1) is 20.4. The third-order valence-electron chi connectivity index (χ3n) is 4.25. The molecule has 2 aromatic heterocycles. The van der Waals surface area contributed by atoms with Crippen molar-refractivity contribution in [3.8, 4) is 5.75 Å². The van der Waals surface area contributed by atoms with Crippen molar-refractivity contribution in [2.75, 3.05) is 17.8 Å². The van der Waals surface area contributed by atoms with Crippen LogP contribution in [0.3, 0.4) is 0 Å². The number of rotatable bonds is 7. The number of anilines is 1. The summed E-state index contributed by atoms with van der Waals surface area (Å²) in [5, 5.41) is 0.284. The van der Waals surface area contributed by atoms with Crippen molar-refractivity contribution in [2.24, 2.45) is 0 Å². The van der Waals surface area contributed by atoms with Gasteiger partial charge in [-0.15, -0.1) is 11.8 Å². The molecule has 0 aliphatic rings. The third-order valence-corrected chi connectivity index (χ3v) is 6.27. The fourth-order valence-electron chi connectivity index (χ4n) is 2.78. The lowest BCUT2D eigenvalue weighted by Crippen LogP contribution is -2.31. The van der Waals surface area contributed by atoms with Crippen LogP contribution in [0.5, 0.6) is 5.75 Å². The predicted molar refractivity (Wildman–Crippen MR) is 113 cm³/mol. The molecule has 0 N–H and O–H groups in total. The maximum Gasteiger partial charge on any atom is 0.239 e. The number of aromatic nitrogens is 1. The zero-order chi connectivity index (χ0) is 21.1. The lowest BCUT2D eigenvalue weighted by Gasteiger charge is -2.18. The lowest BCUT2D eigenvalue weighted by atomic mass is 10.3. The molecule has 0 saturated heterocycles. The van der Waals surface area contributed by atoms with Gasteiger partial charge in [0.2, 0.25) is 5.91 Å². The Balaban J connectivity index is 1.59. The van der Waals surface area contributed by atoms with E-state index in [1.54, 1.807) is 19.2 Å².